The number of aryl methyl sites for hydroxylation is 1. The van der Waals surface area contributed by atoms with Crippen molar-refractivity contribution in [3.05, 3.63) is 70.8 Å². The van der Waals surface area contributed by atoms with Gasteiger partial charge in [-0.2, -0.15) is 0 Å². The van der Waals surface area contributed by atoms with E-state index in [9.17, 15) is 20.4 Å². The highest BCUT2D eigenvalue weighted by atomic mass is 16.3. The van der Waals surface area contributed by atoms with Gasteiger partial charge in [0.05, 0.1) is 0 Å². The zero-order valence-electron chi connectivity index (χ0n) is 14.1. The quantitative estimate of drug-likeness (QED) is 0.244. The molecule has 0 aromatic heterocycles. The van der Waals surface area contributed by atoms with Gasteiger partial charge in [0, 0.05) is 17.0 Å². The van der Waals surface area contributed by atoms with Crippen LogP contribution in [0, 0.1) is 6.92 Å². The molecule has 0 saturated heterocycles. The van der Waals surface area contributed by atoms with Crippen molar-refractivity contribution in [2.75, 3.05) is 11.5 Å². The lowest BCUT2D eigenvalue weighted by Crippen LogP contribution is -2.06. The van der Waals surface area contributed by atoms with Crippen molar-refractivity contribution in [2.24, 2.45) is 0 Å². The van der Waals surface area contributed by atoms with Crippen LogP contribution in [0.15, 0.2) is 48.5 Å². The van der Waals surface area contributed by atoms with E-state index in [1.165, 1.54) is 24.3 Å². The predicted molar refractivity (Wildman–Crippen MR) is 100 cm³/mol. The summed E-state index contributed by atoms with van der Waals surface area (Å²) in [6.07, 6.45) is 0. The third-order valence-electron chi connectivity index (χ3n) is 4.48. The summed E-state index contributed by atoms with van der Waals surface area (Å²) in [7, 11) is 0. The second-order valence-electron chi connectivity index (χ2n) is 6.22. The van der Waals surface area contributed by atoms with E-state index in [2.05, 4.69) is 0 Å². The number of phenolic OH excluding ortho intramolecular Hbond substituents is 4. The first kappa shape index (κ1) is 17.3. The van der Waals surface area contributed by atoms with E-state index in [1.807, 2.05) is 31.2 Å². The van der Waals surface area contributed by atoms with Crippen molar-refractivity contribution in [1.29, 1.82) is 0 Å². The Balaban J connectivity index is 2.30. The molecule has 3 aromatic rings. The summed E-state index contributed by atoms with van der Waals surface area (Å²) in [4.78, 5) is 0. The van der Waals surface area contributed by atoms with Crippen LogP contribution in [0.3, 0.4) is 0 Å². The molecule has 0 saturated carbocycles. The van der Waals surface area contributed by atoms with Crippen LogP contribution in [0.4, 0.5) is 11.4 Å². The number of aromatic hydroxyl groups is 4. The van der Waals surface area contributed by atoms with Gasteiger partial charge in [0.2, 0.25) is 0 Å². The van der Waals surface area contributed by atoms with E-state index >= 15 is 0 Å². The minimum absolute atomic E-state index is 0.147. The van der Waals surface area contributed by atoms with Crippen molar-refractivity contribution in [2.45, 2.75) is 12.8 Å². The van der Waals surface area contributed by atoms with Gasteiger partial charge in [0.1, 0.15) is 34.4 Å². The number of anilines is 2. The van der Waals surface area contributed by atoms with Gasteiger partial charge < -0.3 is 31.9 Å². The van der Waals surface area contributed by atoms with Gasteiger partial charge in [-0.1, -0.05) is 42.0 Å². The van der Waals surface area contributed by atoms with E-state index in [0.717, 1.165) is 11.1 Å². The average Bonchev–Trinajstić information content (AvgIpc) is 2.63. The fourth-order valence-electron chi connectivity index (χ4n) is 2.98. The lowest BCUT2D eigenvalue weighted by Gasteiger charge is -2.22. The van der Waals surface area contributed by atoms with Gasteiger partial charge in [-0.15, -0.1) is 0 Å². The second kappa shape index (κ2) is 6.40. The van der Waals surface area contributed by atoms with Crippen LogP contribution in [0.2, 0.25) is 0 Å². The molecule has 0 aliphatic carbocycles. The molecule has 0 unspecified atom stereocenters. The predicted octanol–water partition coefficient (Wildman–Crippen LogP) is 3.16. The molecule has 134 valence electrons. The van der Waals surface area contributed by atoms with Crippen molar-refractivity contribution >= 4 is 11.4 Å². The molecular formula is C20H20N2O4. The lowest BCUT2D eigenvalue weighted by molar-refractivity contribution is 0.444. The summed E-state index contributed by atoms with van der Waals surface area (Å²) < 4.78 is 0. The number of hydrogen-bond donors (Lipinski definition) is 6. The van der Waals surface area contributed by atoms with Crippen LogP contribution < -0.4 is 11.5 Å². The number of nitrogens with two attached hydrogens (primary N) is 2. The van der Waals surface area contributed by atoms with E-state index in [-0.39, 0.29) is 34.4 Å². The Morgan fingerprint density at radius 1 is 0.654 bits per heavy atom. The minimum Gasteiger partial charge on any atom is -0.506 e. The summed E-state index contributed by atoms with van der Waals surface area (Å²) in [6, 6.07) is 13.4. The Labute approximate surface area is 150 Å². The highest BCUT2D eigenvalue weighted by molar-refractivity contribution is 5.71. The molecule has 0 spiro atoms. The van der Waals surface area contributed by atoms with Crippen LogP contribution in [0.5, 0.6) is 23.0 Å². The maximum Gasteiger partial charge on any atom is 0.146 e. The molecule has 3 rings (SSSR count). The summed E-state index contributed by atoms with van der Waals surface area (Å²) in [5, 5.41) is 40.5. The van der Waals surface area contributed by atoms with Crippen LogP contribution in [0.1, 0.15) is 28.2 Å². The Morgan fingerprint density at radius 2 is 1.08 bits per heavy atom. The number of nitrogen functional groups attached to an aromatic ring is 2. The smallest absolute Gasteiger partial charge is 0.146 e. The molecule has 0 amide bonds. The molecule has 3 aromatic carbocycles. The molecule has 26 heavy (non-hydrogen) atoms. The fraction of sp³-hybridized carbons (Fsp3) is 0.100. The largest absolute Gasteiger partial charge is 0.506 e. The average molecular weight is 352 g/mol. The molecule has 0 heterocycles. The molecule has 0 atom stereocenters. The Bertz CT molecular complexity index is 911. The SMILES string of the molecule is Cc1ccc(C(c2ccc(O)c(N)c2O)c2ccc(O)c(N)c2O)cc1. The topological polar surface area (TPSA) is 133 Å². The molecule has 6 nitrogen and oxygen atoms in total. The zero-order valence-corrected chi connectivity index (χ0v) is 14.1. The Kier molecular flexibility index (Phi) is 4.26. The van der Waals surface area contributed by atoms with Gasteiger partial charge in [-0.3, -0.25) is 0 Å². The number of phenols is 4. The van der Waals surface area contributed by atoms with Gasteiger partial charge in [0.25, 0.3) is 0 Å². The lowest BCUT2D eigenvalue weighted by atomic mass is 9.83. The number of rotatable bonds is 3. The summed E-state index contributed by atoms with van der Waals surface area (Å²) in [5.74, 6) is -1.63. The van der Waals surface area contributed by atoms with E-state index < -0.39 is 5.92 Å². The highest BCUT2D eigenvalue weighted by Gasteiger charge is 2.26. The summed E-state index contributed by atoms with van der Waals surface area (Å²) in [5.41, 5.74) is 13.8. The molecule has 6 heteroatoms. The molecule has 0 fully saturated rings. The fourth-order valence-corrected chi connectivity index (χ4v) is 2.98. The number of benzene rings is 3. The standard InChI is InChI=1S/C20H20N2O4/c1-10-2-4-11(5-3-10)16(12-6-8-14(23)17(21)19(12)25)13-7-9-15(24)18(22)20(13)26/h2-9,16,23-26H,21-22H2,1H3. The molecule has 0 bridgehead atoms. The van der Waals surface area contributed by atoms with Gasteiger partial charge >= 0.3 is 0 Å². The van der Waals surface area contributed by atoms with E-state index in [0.29, 0.717) is 11.1 Å². The first-order valence-corrected chi connectivity index (χ1v) is 7.98. The van der Waals surface area contributed by atoms with Crippen molar-refractivity contribution < 1.29 is 20.4 Å². The Hall–Kier alpha value is -3.54. The van der Waals surface area contributed by atoms with Gasteiger partial charge in [0.15, 0.2) is 0 Å². The highest BCUT2D eigenvalue weighted by Crippen LogP contribution is 2.47. The zero-order chi connectivity index (χ0) is 19.0. The normalized spacial score (nSPS) is 11.0. The second-order valence-corrected chi connectivity index (χ2v) is 6.22. The first-order valence-electron chi connectivity index (χ1n) is 7.98. The maximum atomic E-state index is 10.5. The van der Waals surface area contributed by atoms with Crippen LogP contribution in [-0.2, 0) is 0 Å². The summed E-state index contributed by atoms with van der Waals surface area (Å²) >= 11 is 0. The molecular weight excluding hydrogens is 332 g/mol. The van der Waals surface area contributed by atoms with Crippen LogP contribution in [0.25, 0.3) is 0 Å². The molecule has 0 aliphatic rings. The third-order valence-corrected chi connectivity index (χ3v) is 4.48. The van der Waals surface area contributed by atoms with E-state index in [4.69, 9.17) is 11.5 Å². The summed E-state index contributed by atoms with van der Waals surface area (Å²) in [6.45, 7) is 1.95. The van der Waals surface area contributed by atoms with E-state index in [1.54, 1.807) is 0 Å². The molecule has 0 aliphatic heterocycles. The van der Waals surface area contributed by atoms with Gasteiger partial charge in [-0.05, 0) is 24.6 Å². The third kappa shape index (κ3) is 2.82. The Morgan fingerprint density at radius 3 is 1.50 bits per heavy atom. The van der Waals surface area contributed by atoms with Crippen molar-refractivity contribution in [3.63, 3.8) is 0 Å². The first-order chi connectivity index (χ1) is 12.3. The molecule has 0 radical (unpaired) electrons. The van der Waals surface area contributed by atoms with Crippen molar-refractivity contribution in [3.8, 4) is 23.0 Å². The maximum absolute atomic E-state index is 10.5. The molecule has 8 N–H and O–H groups in total. The van der Waals surface area contributed by atoms with Gasteiger partial charge in [-0.25, -0.2) is 0 Å². The van der Waals surface area contributed by atoms with Crippen LogP contribution in [-0.4, -0.2) is 20.4 Å². The number of hydrogen-bond acceptors (Lipinski definition) is 6. The van der Waals surface area contributed by atoms with Crippen LogP contribution >= 0.6 is 0 Å². The monoisotopic (exact) mass is 352 g/mol. The van der Waals surface area contributed by atoms with Crippen molar-refractivity contribution in [1.82, 2.24) is 0 Å². The minimum atomic E-state index is -0.610.